The molecule has 0 spiro atoms. The molecule has 7 nitrogen and oxygen atoms in total. The van der Waals surface area contributed by atoms with Crippen molar-refractivity contribution in [2.24, 2.45) is 11.8 Å². The fraction of sp³-hybridized carbons (Fsp3) is 0.550. The molecule has 1 aromatic carbocycles. The molecule has 1 saturated heterocycles. The maximum Gasteiger partial charge on any atom is 0.280 e. The van der Waals surface area contributed by atoms with Gasteiger partial charge in [-0.05, 0) is 24.3 Å². The lowest BCUT2D eigenvalue weighted by molar-refractivity contribution is -0.408. The van der Waals surface area contributed by atoms with E-state index in [0.717, 1.165) is 6.42 Å². The van der Waals surface area contributed by atoms with Gasteiger partial charge in [0.05, 0.1) is 12.0 Å². The van der Waals surface area contributed by atoms with Crippen molar-refractivity contribution in [2.45, 2.75) is 45.2 Å². The first-order valence-corrected chi connectivity index (χ1v) is 9.47. The van der Waals surface area contributed by atoms with E-state index < -0.39 is 12.0 Å². The standard InChI is InChI=1S/C20H29N3O4/c1-13(2)12-16(21)19(25)23-10-8-15(9-11-23)18(24)22-17(20(26)27)14-6-4-3-5-7-14/h3-7,13,15-17H,8-12,21H2,1-2H3,(H,22,24)(H,26,27)/t16-,17-/m0/s1. The van der Waals surface area contributed by atoms with Crippen molar-refractivity contribution in [3.8, 4) is 0 Å². The third-order valence-corrected chi connectivity index (χ3v) is 4.94. The highest BCUT2D eigenvalue weighted by Gasteiger charge is 2.32. The summed E-state index contributed by atoms with van der Waals surface area (Å²) in [5, 5.41) is 14.0. The molecule has 2 amide bonds. The smallest absolute Gasteiger partial charge is 0.280 e. The number of hydrogen-bond acceptors (Lipinski definition) is 4. The number of piperidine rings is 1. The Morgan fingerprint density at radius 3 is 2.30 bits per heavy atom. The number of carbonyl (C=O) groups excluding carboxylic acids is 3. The topological polar surface area (TPSA) is 117 Å². The first kappa shape index (κ1) is 20.9. The van der Waals surface area contributed by atoms with Crippen LogP contribution in [0.2, 0.25) is 0 Å². The number of carboxylic acids is 1. The summed E-state index contributed by atoms with van der Waals surface area (Å²) in [4.78, 5) is 38.2. The third-order valence-electron chi connectivity index (χ3n) is 4.94. The molecule has 27 heavy (non-hydrogen) atoms. The van der Waals surface area contributed by atoms with E-state index in [-0.39, 0.29) is 23.8 Å². The predicted molar refractivity (Wildman–Crippen MR) is 97.8 cm³/mol. The van der Waals surface area contributed by atoms with E-state index in [1.54, 1.807) is 35.2 Å². The summed E-state index contributed by atoms with van der Waals surface area (Å²) in [6, 6.07) is 7.06. The molecule has 0 aliphatic carbocycles. The fourth-order valence-corrected chi connectivity index (χ4v) is 3.47. The zero-order valence-corrected chi connectivity index (χ0v) is 16.0. The second kappa shape index (κ2) is 9.50. The maximum absolute atomic E-state index is 12.5. The zero-order valence-electron chi connectivity index (χ0n) is 16.0. The molecule has 0 aromatic heterocycles. The highest BCUT2D eigenvalue weighted by Crippen LogP contribution is 2.20. The van der Waals surface area contributed by atoms with Crippen molar-refractivity contribution in [2.75, 3.05) is 13.1 Å². The van der Waals surface area contributed by atoms with Gasteiger partial charge in [-0.2, -0.15) is 0 Å². The van der Waals surface area contributed by atoms with E-state index in [9.17, 15) is 19.5 Å². The second-order valence-electron chi connectivity index (χ2n) is 7.60. The van der Waals surface area contributed by atoms with Gasteiger partial charge in [0.25, 0.3) is 5.91 Å². The molecule has 0 bridgehead atoms. The number of nitrogens with one attached hydrogen (secondary N) is 1. The fourth-order valence-electron chi connectivity index (χ4n) is 3.47. The van der Waals surface area contributed by atoms with Gasteiger partial charge in [0.2, 0.25) is 5.91 Å². The lowest BCUT2D eigenvalue weighted by atomic mass is 9.94. The van der Waals surface area contributed by atoms with Gasteiger partial charge in [0, 0.05) is 25.4 Å². The Kier molecular flexibility index (Phi) is 7.36. The zero-order chi connectivity index (χ0) is 20.0. The first-order chi connectivity index (χ1) is 12.8. The van der Waals surface area contributed by atoms with Crippen LogP contribution in [0.3, 0.4) is 0 Å². The number of carbonyl (C=O) groups is 3. The summed E-state index contributed by atoms with van der Waals surface area (Å²) >= 11 is 0. The van der Waals surface area contributed by atoms with Crippen molar-refractivity contribution in [3.63, 3.8) is 0 Å². The minimum Gasteiger partial charge on any atom is -0.548 e. The van der Waals surface area contributed by atoms with Crippen molar-refractivity contribution < 1.29 is 25.2 Å². The van der Waals surface area contributed by atoms with Crippen molar-refractivity contribution in [3.05, 3.63) is 35.9 Å². The molecule has 1 fully saturated rings. The SMILES string of the molecule is CC(C)C[C@H]([NH3+])C(=O)N1CCC(C(=O)N[C@H](C(=O)[O-])c2ccccc2)CC1. The molecule has 0 radical (unpaired) electrons. The van der Waals surface area contributed by atoms with Crippen LogP contribution in [0.4, 0.5) is 0 Å². The van der Waals surface area contributed by atoms with Crippen LogP contribution in [0.5, 0.6) is 0 Å². The molecule has 1 aromatic rings. The van der Waals surface area contributed by atoms with Gasteiger partial charge in [0.1, 0.15) is 0 Å². The predicted octanol–water partition coefficient (Wildman–Crippen LogP) is -0.511. The van der Waals surface area contributed by atoms with Crippen LogP contribution in [0, 0.1) is 11.8 Å². The van der Waals surface area contributed by atoms with Gasteiger partial charge in [0.15, 0.2) is 6.04 Å². The Balaban J connectivity index is 1.90. The Labute approximate surface area is 159 Å². The molecule has 7 heteroatoms. The summed E-state index contributed by atoms with van der Waals surface area (Å²) < 4.78 is 0. The normalized spacial score (nSPS) is 17.4. The number of hydrogen-bond donors (Lipinski definition) is 2. The monoisotopic (exact) mass is 375 g/mol. The molecule has 2 atom stereocenters. The van der Waals surface area contributed by atoms with Crippen molar-refractivity contribution in [1.29, 1.82) is 0 Å². The number of nitrogens with zero attached hydrogens (tertiary/aromatic N) is 1. The molecule has 1 aliphatic rings. The lowest BCUT2D eigenvalue weighted by Gasteiger charge is -2.33. The Hall–Kier alpha value is -2.41. The number of quaternary nitrogens is 1. The summed E-state index contributed by atoms with van der Waals surface area (Å²) in [6.45, 7) is 5.09. The van der Waals surface area contributed by atoms with Crippen molar-refractivity contribution >= 4 is 17.8 Å². The Bertz CT molecular complexity index is 654. The van der Waals surface area contributed by atoms with E-state index in [2.05, 4.69) is 24.9 Å². The summed E-state index contributed by atoms with van der Waals surface area (Å²) in [6.07, 6.45) is 1.77. The van der Waals surface area contributed by atoms with Gasteiger partial charge in [-0.25, -0.2) is 0 Å². The minimum absolute atomic E-state index is 0.0273. The molecule has 1 aliphatic heterocycles. The molecule has 1 heterocycles. The maximum atomic E-state index is 12.5. The molecule has 2 rings (SSSR count). The van der Waals surface area contributed by atoms with Gasteiger partial charge < -0.3 is 25.9 Å². The van der Waals surface area contributed by atoms with Crippen LogP contribution in [0.15, 0.2) is 30.3 Å². The average molecular weight is 375 g/mol. The Morgan fingerprint density at radius 2 is 1.78 bits per heavy atom. The highest BCUT2D eigenvalue weighted by molar-refractivity contribution is 5.85. The van der Waals surface area contributed by atoms with Gasteiger partial charge >= 0.3 is 0 Å². The average Bonchev–Trinajstić information content (AvgIpc) is 2.65. The molecular weight excluding hydrogens is 346 g/mol. The summed E-state index contributed by atoms with van der Waals surface area (Å²) in [7, 11) is 0. The summed E-state index contributed by atoms with van der Waals surface area (Å²) in [5.41, 5.74) is 4.44. The molecular formula is C20H29N3O4. The van der Waals surface area contributed by atoms with Gasteiger partial charge in [-0.15, -0.1) is 0 Å². The van der Waals surface area contributed by atoms with Crippen molar-refractivity contribution in [1.82, 2.24) is 10.2 Å². The van der Waals surface area contributed by atoms with Crippen LogP contribution in [0.1, 0.15) is 44.7 Å². The Morgan fingerprint density at radius 1 is 1.19 bits per heavy atom. The van der Waals surface area contributed by atoms with Gasteiger partial charge in [-0.3, -0.25) is 9.59 Å². The number of aliphatic carboxylic acids is 1. The second-order valence-corrected chi connectivity index (χ2v) is 7.60. The van der Waals surface area contributed by atoms with E-state index in [0.29, 0.717) is 37.4 Å². The quantitative estimate of drug-likeness (QED) is 0.667. The van der Waals surface area contributed by atoms with Gasteiger partial charge in [-0.1, -0.05) is 44.2 Å². The first-order valence-electron chi connectivity index (χ1n) is 9.47. The highest BCUT2D eigenvalue weighted by atomic mass is 16.4. The van der Waals surface area contributed by atoms with E-state index in [1.165, 1.54) is 0 Å². The van der Waals surface area contributed by atoms with Crippen LogP contribution in [-0.4, -0.2) is 41.8 Å². The molecule has 4 N–H and O–H groups in total. The number of likely N-dealkylation sites (tertiary alicyclic amines) is 1. The largest absolute Gasteiger partial charge is 0.548 e. The van der Waals surface area contributed by atoms with Crippen LogP contribution in [0.25, 0.3) is 0 Å². The number of benzene rings is 1. The van der Waals surface area contributed by atoms with Crippen LogP contribution < -0.4 is 16.2 Å². The number of rotatable bonds is 7. The van der Waals surface area contributed by atoms with Crippen LogP contribution >= 0.6 is 0 Å². The minimum atomic E-state index is -1.34. The van der Waals surface area contributed by atoms with E-state index in [4.69, 9.17) is 0 Å². The number of amides is 2. The summed E-state index contributed by atoms with van der Waals surface area (Å²) in [5.74, 6) is -1.53. The lowest BCUT2D eigenvalue weighted by Crippen LogP contribution is -2.68. The van der Waals surface area contributed by atoms with E-state index in [1.807, 2.05) is 0 Å². The third kappa shape index (κ3) is 5.79. The molecule has 0 unspecified atom stereocenters. The van der Waals surface area contributed by atoms with E-state index >= 15 is 0 Å². The molecule has 148 valence electrons. The van der Waals surface area contributed by atoms with Crippen LogP contribution in [-0.2, 0) is 14.4 Å². The molecule has 0 saturated carbocycles. The number of carboxylic acid groups (broad SMARTS) is 1.